The van der Waals surface area contributed by atoms with Crippen LogP contribution >= 0.6 is 0 Å². The molecule has 1 unspecified atom stereocenters. The van der Waals surface area contributed by atoms with Gasteiger partial charge in [-0.3, -0.25) is 0 Å². The molecule has 5 heteroatoms. The second kappa shape index (κ2) is 4.99. The summed E-state index contributed by atoms with van der Waals surface area (Å²) in [5, 5.41) is 18.3. The Morgan fingerprint density at radius 3 is 2.94 bits per heavy atom. The molecule has 5 nitrogen and oxygen atoms in total. The highest BCUT2D eigenvalue weighted by atomic mass is 16.3. The lowest BCUT2D eigenvalue weighted by Crippen LogP contribution is -2.19. The Morgan fingerprint density at radius 1 is 1.41 bits per heavy atom. The fraction of sp³-hybridized carbons (Fsp3) is 0.250. The van der Waals surface area contributed by atoms with Gasteiger partial charge >= 0.3 is 0 Å². The summed E-state index contributed by atoms with van der Waals surface area (Å²) in [5.41, 5.74) is 7.27. The Balaban J connectivity index is 2.30. The van der Waals surface area contributed by atoms with Crippen LogP contribution < -0.4 is 5.73 Å². The lowest BCUT2D eigenvalue weighted by molar-refractivity contribution is 0.0816. The van der Waals surface area contributed by atoms with Gasteiger partial charge in [-0.05, 0) is 12.1 Å². The Labute approximate surface area is 99.2 Å². The molecule has 2 aromatic rings. The van der Waals surface area contributed by atoms with E-state index in [0.717, 1.165) is 11.4 Å². The highest BCUT2D eigenvalue weighted by Gasteiger charge is 2.09. The van der Waals surface area contributed by atoms with E-state index in [1.165, 1.54) is 0 Å². The van der Waals surface area contributed by atoms with Crippen molar-refractivity contribution in [3.63, 3.8) is 0 Å². The number of aliphatic hydroxyl groups is 2. The summed E-state index contributed by atoms with van der Waals surface area (Å²) in [7, 11) is 0. The molecule has 0 saturated carbocycles. The normalized spacial score (nSPS) is 12.6. The number of rotatable bonds is 4. The van der Waals surface area contributed by atoms with Gasteiger partial charge in [-0.15, -0.1) is 0 Å². The summed E-state index contributed by atoms with van der Waals surface area (Å²) in [5.74, 6) is 0.727. The van der Waals surface area contributed by atoms with Crippen LogP contribution in [0, 0.1) is 0 Å². The van der Waals surface area contributed by atoms with Crippen LogP contribution in [0.4, 0.5) is 5.69 Å². The summed E-state index contributed by atoms with van der Waals surface area (Å²) in [6.07, 6.45) is 2.63. The van der Waals surface area contributed by atoms with Crippen molar-refractivity contribution in [2.75, 3.05) is 12.3 Å². The molecule has 0 amide bonds. The second-order valence-electron chi connectivity index (χ2n) is 3.87. The Bertz CT molecular complexity index is 496. The minimum absolute atomic E-state index is 0.269. The number of imidazole rings is 1. The van der Waals surface area contributed by atoms with Gasteiger partial charge in [0, 0.05) is 23.6 Å². The van der Waals surface area contributed by atoms with Crippen molar-refractivity contribution in [1.82, 2.24) is 9.55 Å². The van der Waals surface area contributed by atoms with Crippen LogP contribution in [0.2, 0.25) is 0 Å². The zero-order valence-corrected chi connectivity index (χ0v) is 9.32. The van der Waals surface area contributed by atoms with E-state index >= 15 is 0 Å². The molecule has 17 heavy (non-hydrogen) atoms. The van der Waals surface area contributed by atoms with E-state index in [1.54, 1.807) is 23.0 Å². The molecule has 0 radical (unpaired) electrons. The van der Waals surface area contributed by atoms with E-state index in [-0.39, 0.29) is 6.61 Å². The average Bonchev–Trinajstić information content (AvgIpc) is 2.77. The van der Waals surface area contributed by atoms with Gasteiger partial charge in [0.05, 0.1) is 19.3 Å². The first kappa shape index (κ1) is 11.6. The van der Waals surface area contributed by atoms with Crippen molar-refractivity contribution in [1.29, 1.82) is 0 Å². The first-order valence-electron chi connectivity index (χ1n) is 5.36. The Kier molecular flexibility index (Phi) is 3.41. The largest absolute Gasteiger partial charge is 0.399 e. The van der Waals surface area contributed by atoms with Crippen molar-refractivity contribution in [2.45, 2.75) is 12.6 Å². The molecule has 0 bridgehead atoms. The average molecular weight is 233 g/mol. The van der Waals surface area contributed by atoms with Gasteiger partial charge in [0.2, 0.25) is 0 Å². The third-order valence-corrected chi connectivity index (χ3v) is 2.48. The van der Waals surface area contributed by atoms with Crippen LogP contribution in [0.3, 0.4) is 0 Å². The number of aliphatic hydroxyl groups excluding tert-OH is 2. The molecule has 1 aromatic carbocycles. The van der Waals surface area contributed by atoms with Crippen LogP contribution in [-0.4, -0.2) is 32.5 Å². The molecule has 0 aliphatic carbocycles. The van der Waals surface area contributed by atoms with Crippen LogP contribution in [-0.2, 0) is 6.54 Å². The zero-order chi connectivity index (χ0) is 12.3. The quantitative estimate of drug-likeness (QED) is 0.671. The SMILES string of the molecule is Nc1cccc(-c2nccn2CC(O)CO)c1. The maximum absolute atomic E-state index is 9.43. The van der Waals surface area contributed by atoms with E-state index in [1.807, 2.05) is 18.2 Å². The Hall–Kier alpha value is -1.85. The van der Waals surface area contributed by atoms with Crippen molar-refractivity contribution in [2.24, 2.45) is 0 Å². The number of hydrogen-bond donors (Lipinski definition) is 3. The van der Waals surface area contributed by atoms with Crippen LogP contribution in [0.1, 0.15) is 0 Å². The fourth-order valence-electron chi connectivity index (χ4n) is 1.68. The van der Waals surface area contributed by atoms with Crippen LogP contribution in [0.15, 0.2) is 36.7 Å². The van der Waals surface area contributed by atoms with E-state index in [2.05, 4.69) is 4.98 Å². The number of hydrogen-bond acceptors (Lipinski definition) is 4. The number of benzene rings is 1. The maximum Gasteiger partial charge on any atom is 0.140 e. The highest BCUT2D eigenvalue weighted by molar-refractivity contribution is 5.61. The van der Waals surface area contributed by atoms with Gasteiger partial charge < -0.3 is 20.5 Å². The number of nitrogen functional groups attached to an aromatic ring is 1. The van der Waals surface area contributed by atoms with E-state index in [4.69, 9.17) is 10.8 Å². The molecule has 2 rings (SSSR count). The molecular formula is C12H15N3O2. The summed E-state index contributed by atoms with van der Waals surface area (Å²) in [6.45, 7) is 0.0369. The summed E-state index contributed by atoms with van der Waals surface area (Å²) >= 11 is 0. The number of nitrogens with two attached hydrogens (primary N) is 1. The third-order valence-electron chi connectivity index (χ3n) is 2.48. The van der Waals surface area contributed by atoms with E-state index in [9.17, 15) is 5.11 Å². The highest BCUT2D eigenvalue weighted by Crippen LogP contribution is 2.19. The first-order valence-corrected chi connectivity index (χ1v) is 5.36. The Morgan fingerprint density at radius 2 is 2.24 bits per heavy atom. The smallest absolute Gasteiger partial charge is 0.140 e. The van der Waals surface area contributed by atoms with Gasteiger partial charge in [-0.2, -0.15) is 0 Å². The molecule has 0 saturated heterocycles. The molecule has 0 aliphatic heterocycles. The first-order chi connectivity index (χ1) is 8.20. The standard InChI is InChI=1S/C12H15N3O2/c13-10-3-1-2-9(6-10)12-14-4-5-15(12)7-11(17)8-16/h1-6,11,16-17H,7-8,13H2. The molecule has 4 N–H and O–H groups in total. The van der Waals surface area contributed by atoms with Gasteiger partial charge in [0.25, 0.3) is 0 Å². The number of aromatic nitrogens is 2. The predicted octanol–water partition coefficient (Wildman–Crippen LogP) is 0.485. The van der Waals surface area contributed by atoms with Gasteiger partial charge in [-0.1, -0.05) is 12.1 Å². The lowest BCUT2D eigenvalue weighted by Gasteiger charge is -2.11. The summed E-state index contributed by atoms with van der Waals surface area (Å²) < 4.78 is 1.79. The lowest BCUT2D eigenvalue weighted by atomic mass is 10.2. The van der Waals surface area contributed by atoms with E-state index in [0.29, 0.717) is 12.2 Å². The monoisotopic (exact) mass is 233 g/mol. The second-order valence-corrected chi connectivity index (χ2v) is 3.87. The molecule has 1 heterocycles. The van der Waals surface area contributed by atoms with Crippen molar-refractivity contribution < 1.29 is 10.2 Å². The van der Waals surface area contributed by atoms with Crippen molar-refractivity contribution in [3.8, 4) is 11.4 Å². The maximum atomic E-state index is 9.43. The third kappa shape index (κ3) is 2.64. The fourth-order valence-corrected chi connectivity index (χ4v) is 1.68. The molecule has 1 atom stereocenters. The van der Waals surface area contributed by atoms with Crippen molar-refractivity contribution >= 4 is 5.69 Å². The predicted molar refractivity (Wildman–Crippen MR) is 65.2 cm³/mol. The van der Waals surface area contributed by atoms with Crippen LogP contribution in [0.25, 0.3) is 11.4 Å². The van der Waals surface area contributed by atoms with Crippen molar-refractivity contribution in [3.05, 3.63) is 36.7 Å². The van der Waals surface area contributed by atoms with Gasteiger partial charge in [-0.25, -0.2) is 4.98 Å². The van der Waals surface area contributed by atoms with Gasteiger partial charge in [0.1, 0.15) is 5.82 Å². The number of anilines is 1. The molecular weight excluding hydrogens is 218 g/mol. The molecule has 0 spiro atoms. The van der Waals surface area contributed by atoms with Gasteiger partial charge in [0.15, 0.2) is 0 Å². The molecule has 0 aliphatic rings. The molecule has 1 aromatic heterocycles. The summed E-state index contributed by atoms with van der Waals surface area (Å²) in [6, 6.07) is 7.39. The summed E-state index contributed by atoms with van der Waals surface area (Å²) in [4.78, 5) is 4.23. The minimum atomic E-state index is -0.788. The zero-order valence-electron chi connectivity index (χ0n) is 9.32. The minimum Gasteiger partial charge on any atom is -0.399 e. The van der Waals surface area contributed by atoms with Crippen LogP contribution in [0.5, 0.6) is 0 Å². The molecule has 90 valence electrons. The molecule has 0 fully saturated rings. The topological polar surface area (TPSA) is 84.3 Å². The van der Waals surface area contributed by atoms with E-state index < -0.39 is 6.10 Å². The number of nitrogens with zero attached hydrogens (tertiary/aromatic N) is 2.